The molecule has 0 aliphatic carbocycles. The van der Waals surface area contributed by atoms with Gasteiger partial charge in [-0.2, -0.15) is 0 Å². The lowest BCUT2D eigenvalue weighted by Gasteiger charge is -2.25. The summed E-state index contributed by atoms with van der Waals surface area (Å²) in [6.07, 6.45) is 0. The zero-order valence-corrected chi connectivity index (χ0v) is 17.6. The molecule has 1 unspecified atom stereocenters. The topological polar surface area (TPSA) is 79.3 Å². The second-order valence-electron chi connectivity index (χ2n) is 7.20. The van der Waals surface area contributed by atoms with Gasteiger partial charge in [0.05, 0.1) is 25.3 Å². The first-order valence-corrected chi connectivity index (χ1v) is 9.58. The van der Waals surface area contributed by atoms with Gasteiger partial charge in [0.15, 0.2) is 0 Å². The van der Waals surface area contributed by atoms with Gasteiger partial charge >= 0.3 is 0 Å². The third kappa shape index (κ3) is 4.02. The van der Waals surface area contributed by atoms with Gasteiger partial charge in [-0.15, -0.1) is 0 Å². The monoisotopic (exact) mass is 410 g/mol. The van der Waals surface area contributed by atoms with Gasteiger partial charge in [-0.05, 0) is 29.8 Å². The van der Waals surface area contributed by atoms with Gasteiger partial charge in [0.1, 0.15) is 11.5 Å². The Morgan fingerprint density at radius 1 is 1.10 bits per heavy atom. The van der Waals surface area contributed by atoms with E-state index >= 15 is 0 Å². The number of likely N-dealkylation sites (tertiary alicyclic amines) is 1. The van der Waals surface area contributed by atoms with Crippen molar-refractivity contribution in [2.24, 2.45) is 0 Å². The number of ketones is 1. The molecule has 1 atom stereocenters. The second kappa shape index (κ2) is 9.00. The third-order valence-electron chi connectivity index (χ3n) is 5.14. The van der Waals surface area contributed by atoms with Gasteiger partial charge in [0.25, 0.3) is 11.7 Å². The summed E-state index contributed by atoms with van der Waals surface area (Å²) in [4.78, 5) is 29.1. The summed E-state index contributed by atoms with van der Waals surface area (Å²) < 4.78 is 10.3. The first-order valence-electron chi connectivity index (χ1n) is 9.58. The number of hydrogen-bond donors (Lipinski definition) is 1. The highest BCUT2D eigenvalue weighted by Crippen LogP contribution is 2.40. The Morgan fingerprint density at radius 3 is 2.40 bits per heavy atom. The van der Waals surface area contributed by atoms with Crippen molar-refractivity contribution in [1.82, 2.24) is 4.90 Å². The number of benzene rings is 2. The quantitative estimate of drug-likeness (QED) is 0.430. The molecule has 1 heterocycles. The Labute approximate surface area is 176 Å². The largest absolute Gasteiger partial charge is 0.507 e. The minimum absolute atomic E-state index is 0.0574. The van der Waals surface area contributed by atoms with Crippen LogP contribution in [0.1, 0.15) is 17.2 Å². The van der Waals surface area contributed by atoms with Crippen LogP contribution in [-0.4, -0.2) is 63.2 Å². The number of nitrogens with zero attached hydrogens (tertiary/aromatic N) is 2. The number of aliphatic hydroxyl groups excluding tert-OH is 1. The van der Waals surface area contributed by atoms with Crippen molar-refractivity contribution in [1.29, 1.82) is 0 Å². The van der Waals surface area contributed by atoms with Crippen molar-refractivity contribution in [3.05, 3.63) is 65.2 Å². The highest BCUT2D eigenvalue weighted by Gasteiger charge is 2.45. The van der Waals surface area contributed by atoms with E-state index < -0.39 is 17.7 Å². The van der Waals surface area contributed by atoms with Crippen LogP contribution in [-0.2, 0) is 14.3 Å². The molecule has 0 bridgehead atoms. The van der Waals surface area contributed by atoms with E-state index in [2.05, 4.69) is 0 Å². The first-order chi connectivity index (χ1) is 14.4. The molecule has 1 aliphatic rings. The highest BCUT2D eigenvalue weighted by atomic mass is 16.5. The predicted octanol–water partition coefficient (Wildman–Crippen LogP) is 2.83. The summed E-state index contributed by atoms with van der Waals surface area (Å²) in [5.74, 6) is -1.06. The Morgan fingerprint density at radius 2 is 1.80 bits per heavy atom. The summed E-state index contributed by atoms with van der Waals surface area (Å²) in [7, 11) is 6.92. The average molecular weight is 410 g/mol. The molecule has 0 saturated carbocycles. The molecule has 1 aliphatic heterocycles. The maximum atomic E-state index is 12.9. The molecule has 3 rings (SSSR count). The molecule has 0 radical (unpaired) electrons. The lowest BCUT2D eigenvalue weighted by atomic mass is 9.95. The van der Waals surface area contributed by atoms with E-state index in [-0.39, 0.29) is 24.5 Å². The molecular weight excluding hydrogens is 384 g/mol. The number of methoxy groups -OCH3 is 2. The Bertz CT molecular complexity index is 966. The summed E-state index contributed by atoms with van der Waals surface area (Å²) in [5, 5.41) is 11.0. The predicted molar refractivity (Wildman–Crippen MR) is 115 cm³/mol. The van der Waals surface area contributed by atoms with Crippen LogP contribution in [0.25, 0.3) is 5.76 Å². The van der Waals surface area contributed by atoms with Crippen LogP contribution in [0, 0.1) is 0 Å². The molecule has 0 spiro atoms. The summed E-state index contributed by atoms with van der Waals surface area (Å²) in [6, 6.07) is 13.6. The Hall–Kier alpha value is -3.32. The molecule has 1 N–H and O–H groups in total. The van der Waals surface area contributed by atoms with Gasteiger partial charge in [-0.3, -0.25) is 9.59 Å². The fraction of sp³-hybridized carbons (Fsp3) is 0.304. The van der Waals surface area contributed by atoms with Gasteiger partial charge in [0, 0.05) is 39.0 Å². The van der Waals surface area contributed by atoms with Gasteiger partial charge in [0.2, 0.25) is 0 Å². The molecule has 0 aromatic heterocycles. The Balaban J connectivity index is 2.14. The number of aliphatic hydroxyl groups is 1. The van der Waals surface area contributed by atoms with Crippen molar-refractivity contribution < 1.29 is 24.2 Å². The summed E-state index contributed by atoms with van der Waals surface area (Å²) in [5.41, 5.74) is 2.19. The molecule has 7 nitrogen and oxygen atoms in total. The number of hydrogen-bond acceptors (Lipinski definition) is 6. The van der Waals surface area contributed by atoms with E-state index in [0.717, 1.165) is 11.3 Å². The number of carbonyl (C=O) groups is 2. The SMILES string of the molecule is COCCN1C(=O)C(=O)C(=C(O)c2cccc(OC)c2)C1c1ccc(N(C)C)cc1. The number of ether oxygens (including phenoxy) is 2. The fourth-order valence-corrected chi connectivity index (χ4v) is 3.53. The smallest absolute Gasteiger partial charge is 0.295 e. The number of rotatable bonds is 7. The first kappa shape index (κ1) is 21.4. The number of Topliss-reactive ketones (excluding diaryl/α,β-unsaturated/α-hetero) is 1. The standard InChI is InChI=1S/C23H26N2O5/c1-24(2)17-10-8-15(9-11-17)20-19(22(27)23(28)25(20)12-13-29-3)21(26)16-6-5-7-18(14-16)30-4/h5-11,14,20,26H,12-13H2,1-4H3. The molecule has 2 aromatic carbocycles. The Kier molecular flexibility index (Phi) is 6.42. The summed E-state index contributed by atoms with van der Waals surface area (Å²) >= 11 is 0. The van der Waals surface area contributed by atoms with E-state index in [1.807, 2.05) is 43.3 Å². The van der Waals surface area contributed by atoms with Crippen LogP contribution in [0.2, 0.25) is 0 Å². The van der Waals surface area contributed by atoms with Crippen LogP contribution >= 0.6 is 0 Å². The number of carbonyl (C=O) groups excluding carboxylic acids is 2. The van der Waals surface area contributed by atoms with Crippen LogP contribution < -0.4 is 9.64 Å². The molecule has 30 heavy (non-hydrogen) atoms. The maximum Gasteiger partial charge on any atom is 0.295 e. The fourth-order valence-electron chi connectivity index (χ4n) is 3.53. The highest BCUT2D eigenvalue weighted by molar-refractivity contribution is 6.46. The molecule has 2 aromatic rings. The molecule has 7 heteroatoms. The van der Waals surface area contributed by atoms with Crippen molar-refractivity contribution in [3.8, 4) is 5.75 Å². The molecule has 1 amide bonds. The molecule has 1 saturated heterocycles. The average Bonchev–Trinajstić information content (AvgIpc) is 3.01. The van der Waals surface area contributed by atoms with E-state index in [0.29, 0.717) is 11.3 Å². The van der Waals surface area contributed by atoms with E-state index in [1.54, 1.807) is 24.3 Å². The number of anilines is 1. The summed E-state index contributed by atoms with van der Waals surface area (Å²) in [6.45, 7) is 0.508. The van der Waals surface area contributed by atoms with E-state index in [4.69, 9.17) is 9.47 Å². The zero-order chi connectivity index (χ0) is 21.8. The van der Waals surface area contributed by atoms with E-state index in [9.17, 15) is 14.7 Å². The van der Waals surface area contributed by atoms with E-state index in [1.165, 1.54) is 19.1 Å². The minimum atomic E-state index is -0.715. The maximum absolute atomic E-state index is 12.9. The van der Waals surface area contributed by atoms with Crippen molar-refractivity contribution in [2.45, 2.75) is 6.04 Å². The van der Waals surface area contributed by atoms with Crippen LogP contribution in [0.15, 0.2) is 54.1 Å². The number of amides is 1. The van der Waals surface area contributed by atoms with Crippen LogP contribution in [0.5, 0.6) is 5.75 Å². The third-order valence-corrected chi connectivity index (χ3v) is 5.14. The minimum Gasteiger partial charge on any atom is -0.507 e. The van der Waals surface area contributed by atoms with Crippen molar-refractivity contribution in [2.75, 3.05) is 46.4 Å². The lowest BCUT2D eigenvalue weighted by molar-refractivity contribution is -0.140. The van der Waals surface area contributed by atoms with Crippen molar-refractivity contribution in [3.63, 3.8) is 0 Å². The normalized spacial score (nSPS) is 18.0. The molecule has 158 valence electrons. The van der Waals surface area contributed by atoms with Gasteiger partial charge < -0.3 is 24.4 Å². The van der Waals surface area contributed by atoms with Gasteiger partial charge in [-0.25, -0.2) is 0 Å². The van der Waals surface area contributed by atoms with Crippen LogP contribution in [0.4, 0.5) is 5.69 Å². The van der Waals surface area contributed by atoms with Crippen LogP contribution in [0.3, 0.4) is 0 Å². The molecule has 1 fully saturated rings. The van der Waals surface area contributed by atoms with Gasteiger partial charge in [-0.1, -0.05) is 24.3 Å². The zero-order valence-electron chi connectivity index (χ0n) is 17.6. The van der Waals surface area contributed by atoms with Crippen molar-refractivity contribution >= 4 is 23.1 Å². The lowest BCUT2D eigenvalue weighted by Crippen LogP contribution is -2.32. The molecular formula is C23H26N2O5. The second-order valence-corrected chi connectivity index (χ2v) is 7.20.